The largest absolute Gasteiger partial charge is 0.462 e. The van der Waals surface area contributed by atoms with E-state index >= 15 is 0 Å². The van der Waals surface area contributed by atoms with Crippen molar-refractivity contribution >= 4 is 66.8 Å². The first-order valence-corrected chi connectivity index (χ1v) is 19.4. The molecule has 0 fully saturated rings. The number of ether oxygens (including phenoxy) is 2. The highest BCUT2D eigenvalue weighted by Gasteiger charge is 2.29. The molecule has 0 aromatic heterocycles. The summed E-state index contributed by atoms with van der Waals surface area (Å²) in [5.41, 5.74) is 1.56. The van der Waals surface area contributed by atoms with Crippen molar-refractivity contribution in [3.8, 4) is 0 Å². The van der Waals surface area contributed by atoms with Crippen LogP contribution in [0.1, 0.15) is 158 Å². The molecule has 7 nitrogen and oxygen atoms in total. The molecule has 2 amide bonds. The Hall–Kier alpha value is -4.52. The fourth-order valence-corrected chi connectivity index (χ4v) is 7.80. The molecule has 51 heavy (non-hydrogen) atoms. The lowest BCUT2D eigenvalue weighted by Crippen LogP contribution is -2.34. The molecule has 6 rings (SSSR count). The van der Waals surface area contributed by atoms with Crippen molar-refractivity contribution in [2.75, 3.05) is 13.2 Å². The molecule has 0 radical (unpaired) electrons. The summed E-state index contributed by atoms with van der Waals surface area (Å²) in [6.07, 6.45) is 18.3. The normalized spacial score (nSPS) is 12.7. The van der Waals surface area contributed by atoms with Crippen molar-refractivity contribution < 1.29 is 28.7 Å². The second-order valence-corrected chi connectivity index (χ2v) is 14.1. The van der Waals surface area contributed by atoms with E-state index in [1.165, 1.54) is 64.2 Å². The molecule has 0 aliphatic carbocycles. The van der Waals surface area contributed by atoms with Crippen LogP contribution in [0.15, 0.2) is 48.5 Å². The van der Waals surface area contributed by atoms with E-state index in [0.29, 0.717) is 46.2 Å². The minimum absolute atomic E-state index is 0.318. The van der Waals surface area contributed by atoms with Gasteiger partial charge in [-0.05, 0) is 69.4 Å². The van der Waals surface area contributed by atoms with Crippen molar-refractivity contribution in [1.82, 2.24) is 5.32 Å². The zero-order valence-corrected chi connectivity index (χ0v) is 30.3. The molecular formula is C44H51NO6. The number of imide groups is 1. The van der Waals surface area contributed by atoms with Gasteiger partial charge in [0.15, 0.2) is 0 Å². The molecule has 0 atom stereocenters. The van der Waals surface area contributed by atoms with Crippen molar-refractivity contribution in [3.63, 3.8) is 0 Å². The molecule has 0 unspecified atom stereocenters. The van der Waals surface area contributed by atoms with Gasteiger partial charge in [-0.2, -0.15) is 0 Å². The van der Waals surface area contributed by atoms with Crippen LogP contribution in [0, 0.1) is 0 Å². The summed E-state index contributed by atoms with van der Waals surface area (Å²) in [7, 11) is 0. The first kappa shape index (κ1) is 36.3. The van der Waals surface area contributed by atoms with Gasteiger partial charge >= 0.3 is 11.9 Å². The third kappa shape index (κ3) is 7.73. The van der Waals surface area contributed by atoms with Crippen LogP contribution in [-0.4, -0.2) is 37.0 Å². The summed E-state index contributed by atoms with van der Waals surface area (Å²) in [4.78, 5) is 53.3. The van der Waals surface area contributed by atoms with E-state index in [1.54, 1.807) is 24.3 Å². The fraction of sp³-hybridized carbons (Fsp3) is 0.455. The number of benzene rings is 5. The van der Waals surface area contributed by atoms with Crippen LogP contribution in [0.2, 0.25) is 0 Å². The lowest BCUT2D eigenvalue weighted by molar-refractivity contribution is 0.0498. The van der Waals surface area contributed by atoms with Crippen LogP contribution in [-0.2, 0) is 9.47 Å². The molecule has 0 saturated carbocycles. The van der Waals surface area contributed by atoms with Gasteiger partial charge in [0.05, 0.1) is 24.3 Å². The van der Waals surface area contributed by atoms with Crippen molar-refractivity contribution in [3.05, 3.63) is 70.8 Å². The predicted octanol–water partition coefficient (Wildman–Crippen LogP) is 11.2. The number of fused-ring (bicyclic) bond motifs is 2. The van der Waals surface area contributed by atoms with Gasteiger partial charge < -0.3 is 9.47 Å². The lowest BCUT2D eigenvalue weighted by atomic mass is 9.83. The summed E-state index contributed by atoms with van der Waals surface area (Å²) in [6, 6.07) is 14.6. The highest BCUT2D eigenvalue weighted by Crippen LogP contribution is 2.44. The zero-order valence-electron chi connectivity index (χ0n) is 30.3. The number of unbranched alkanes of at least 4 members (excludes halogenated alkanes) is 14. The van der Waals surface area contributed by atoms with Gasteiger partial charge in [-0.3, -0.25) is 14.9 Å². The number of rotatable bonds is 20. The van der Waals surface area contributed by atoms with E-state index in [2.05, 4.69) is 19.2 Å². The lowest BCUT2D eigenvalue weighted by Gasteiger charge is -2.22. The number of carbonyl (C=O) groups is 4. The number of carbonyl (C=O) groups excluding carboxylic acids is 4. The molecule has 268 valence electrons. The second-order valence-electron chi connectivity index (χ2n) is 14.1. The van der Waals surface area contributed by atoms with Crippen LogP contribution >= 0.6 is 0 Å². The smallest absolute Gasteiger partial charge is 0.338 e. The maximum Gasteiger partial charge on any atom is 0.338 e. The number of hydrogen-bond donors (Lipinski definition) is 1. The number of amides is 2. The highest BCUT2D eigenvalue weighted by molar-refractivity contribution is 6.39. The molecule has 1 aliphatic heterocycles. The standard InChI is InChI=1S/C44H51NO6/c1-3-5-7-9-11-13-15-17-27-50-43(48)35-25-21-31-29-19-23-33-39-34(42(47)45-41(33)46)24-20-30(37(29)39)32-22-26-36(40(35)38(31)32)44(49)51-28-18-16-14-12-10-8-6-4-2/h19-26H,3-18,27-28H2,1-2H3,(H,45,46,47). The van der Waals surface area contributed by atoms with Gasteiger partial charge in [-0.15, -0.1) is 0 Å². The molecule has 5 aromatic rings. The van der Waals surface area contributed by atoms with Crippen molar-refractivity contribution in [2.24, 2.45) is 0 Å². The molecular weight excluding hydrogens is 638 g/mol. The van der Waals surface area contributed by atoms with E-state index in [9.17, 15) is 19.2 Å². The Morgan fingerprint density at radius 2 is 0.804 bits per heavy atom. The zero-order chi connectivity index (χ0) is 35.7. The van der Waals surface area contributed by atoms with Gasteiger partial charge in [0.1, 0.15) is 0 Å². The van der Waals surface area contributed by atoms with Crippen LogP contribution < -0.4 is 5.32 Å². The minimum atomic E-state index is -0.461. The predicted molar refractivity (Wildman–Crippen MR) is 205 cm³/mol. The number of hydrogen-bond acceptors (Lipinski definition) is 6. The van der Waals surface area contributed by atoms with E-state index in [0.717, 1.165) is 70.8 Å². The first-order chi connectivity index (χ1) is 25.0. The SMILES string of the molecule is CCCCCCCCCCOC(=O)c1ccc2c3ccc4c5c(ccc(c6ccc(C(=O)OCCCCCCCCCC)c1c26)c53)C(=O)NC4=O. The Morgan fingerprint density at radius 3 is 1.22 bits per heavy atom. The third-order valence-electron chi connectivity index (χ3n) is 10.5. The van der Waals surface area contributed by atoms with Crippen LogP contribution in [0.25, 0.3) is 43.1 Å². The second kappa shape index (κ2) is 17.1. The van der Waals surface area contributed by atoms with E-state index < -0.39 is 23.8 Å². The van der Waals surface area contributed by atoms with E-state index in [-0.39, 0.29) is 0 Å². The number of nitrogens with one attached hydrogen (secondary N) is 1. The Balaban J connectivity index is 1.31. The van der Waals surface area contributed by atoms with Gasteiger partial charge in [-0.1, -0.05) is 128 Å². The average molecular weight is 690 g/mol. The fourth-order valence-electron chi connectivity index (χ4n) is 7.80. The van der Waals surface area contributed by atoms with Crippen molar-refractivity contribution in [2.45, 2.75) is 117 Å². The third-order valence-corrected chi connectivity index (χ3v) is 10.5. The Kier molecular flexibility index (Phi) is 12.2. The monoisotopic (exact) mass is 689 g/mol. The highest BCUT2D eigenvalue weighted by atomic mass is 16.5. The molecule has 0 spiro atoms. The summed E-state index contributed by atoms with van der Waals surface area (Å²) in [5.74, 6) is -1.76. The maximum absolute atomic E-state index is 13.8. The summed E-state index contributed by atoms with van der Waals surface area (Å²) < 4.78 is 11.7. The summed E-state index contributed by atoms with van der Waals surface area (Å²) in [5, 5.41) is 8.50. The van der Waals surface area contributed by atoms with Gasteiger partial charge in [0, 0.05) is 21.9 Å². The summed E-state index contributed by atoms with van der Waals surface area (Å²) >= 11 is 0. The van der Waals surface area contributed by atoms with Gasteiger partial charge in [0.25, 0.3) is 11.8 Å². The van der Waals surface area contributed by atoms with E-state index in [1.807, 2.05) is 24.3 Å². The van der Waals surface area contributed by atoms with Crippen LogP contribution in [0.5, 0.6) is 0 Å². The van der Waals surface area contributed by atoms with Gasteiger partial charge in [0.2, 0.25) is 0 Å². The Labute approximate surface area is 300 Å². The first-order valence-electron chi connectivity index (χ1n) is 19.4. The van der Waals surface area contributed by atoms with Gasteiger partial charge in [-0.25, -0.2) is 9.59 Å². The minimum Gasteiger partial charge on any atom is -0.462 e. The quantitative estimate of drug-likeness (QED) is 0.0287. The summed E-state index contributed by atoms with van der Waals surface area (Å²) in [6.45, 7) is 5.07. The molecule has 1 N–H and O–H groups in total. The topological polar surface area (TPSA) is 98.8 Å². The van der Waals surface area contributed by atoms with E-state index in [4.69, 9.17) is 9.47 Å². The maximum atomic E-state index is 13.8. The van der Waals surface area contributed by atoms with Crippen LogP contribution in [0.4, 0.5) is 0 Å². The molecule has 5 aromatic carbocycles. The number of esters is 2. The Morgan fingerprint density at radius 1 is 0.451 bits per heavy atom. The van der Waals surface area contributed by atoms with Crippen molar-refractivity contribution in [1.29, 1.82) is 0 Å². The molecule has 1 heterocycles. The molecule has 1 aliphatic rings. The molecule has 0 bridgehead atoms. The molecule has 0 saturated heterocycles. The molecule has 7 heteroatoms. The Bertz CT molecular complexity index is 1910. The average Bonchev–Trinajstić information content (AvgIpc) is 3.14. The van der Waals surface area contributed by atoms with Crippen LogP contribution in [0.3, 0.4) is 0 Å².